The quantitative estimate of drug-likeness (QED) is 0.792. The molecule has 0 spiro atoms. The van der Waals surface area contributed by atoms with Gasteiger partial charge in [0.1, 0.15) is 5.75 Å². The molecule has 0 amide bonds. The van der Waals surface area contributed by atoms with Gasteiger partial charge in [-0.05, 0) is 65.0 Å². The van der Waals surface area contributed by atoms with Crippen LogP contribution in [0.5, 0.6) is 5.75 Å². The van der Waals surface area contributed by atoms with Crippen LogP contribution in [-0.4, -0.2) is 14.2 Å². The van der Waals surface area contributed by atoms with Gasteiger partial charge in [0, 0.05) is 3.57 Å². The van der Waals surface area contributed by atoms with Crippen LogP contribution in [0.3, 0.4) is 0 Å². The molecular weight excluding hydrogens is 373 g/mol. The van der Waals surface area contributed by atoms with Gasteiger partial charge in [0.25, 0.3) is 0 Å². The first-order valence-electron chi connectivity index (χ1n) is 5.92. The van der Waals surface area contributed by atoms with Crippen molar-refractivity contribution in [2.24, 2.45) is 0 Å². The topological polar surface area (TPSA) is 21.3 Å². The Morgan fingerprint density at radius 2 is 1.89 bits per heavy atom. The summed E-state index contributed by atoms with van der Waals surface area (Å²) in [5.41, 5.74) is 2.29. The number of hydrogen-bond donors (Lipinski definition) is 1. The second kappa shape index (κ2) is 6.59. The Kier molecular flexibility index (Phi) is 5.07. The van der Waals surface area contributed by atoms with Crippen molar-refractivity contribution in [3.8, 4) is 5.75 Å². The van der Waals surface area contributed by atoms with E-state index in [2.05, 4.69) is 40.0 Å². The number of benzene rings is 2. The molecule has 0 heterocycles. The van der Waals surface area contributed by atoms with E-state index in [9.17, 15) is 0 Å². The highest BCUT2D eigenvalue weighted by molar-refractivity contribution is 14.1. The third kappa shape index (κ3) is 3.41. The smallest absolute Gasteiger partial charge is 0.119 e. The largest absolute Gasteiger partial charge is 0.497 e. The first-order valence-corrected chi connectivity index (χ1v) is 7.37. The average molecular weight is 388 g/mol. The summed E-state index contributed by atoms with van der Waals surface area (Å²) < 4.78 is 6.33. The fraction of sp³-hybridized carbons (Fsp3) is 0.200. The number of halogens is 2. The zero-order valence-corrected chi connectivity index (χ0v) is 13.7. The summed E-state index contributed by atoms with van der Waals surface area (Å²) in [7, 11) is 3.62. The minimum atomic E-state index is 0.101. The van der Waals surface area contributed by atoms with E-state index in [1.54, 1.807) is 7.11 Å². The van der Waals surface area contributed by atoms with Crippen molar-refractivity contribution in [2.75, 3.05) is 14.2 Å². The lowest BCUT2D eigenvalue weighted by atomic mass is 9.99. The van der Waals surface area contributed by atoms with Crippen molar-refractivity contribution in [1.82, 2.24) is 5.32 Å². The van der Waals surface area contributed by atoms with Gasteiger partial charge in [0.05, 0.1) is 18.2 Å². The molecule has 0 aromatic heterocycles. The SMILES string of the molecule is CNC(c1cccc(OC)c1)c1ccc(I)c(Cl)c1. The Balaban J connectivity index is 2.40. The van der Waals surface area contributed by atoms with Crippen molar-refractivity contribution < 1.29 is 4.74 Å². The Morgan fingerprint density at radius 3 is 2.53 bits per heavy atom. The van der Waals surface area contributed by atoms with Gasteiger partial charge < -0.3 is 10.1 Å². The third-order valence-electron chi connectivity index (χ3n) is 2.99. The van der Waals surface area contributed by atoms with Gasteiger partial charge in [-0.15, -0.1) is 0 Å². The van der Waals surface area contributed by atoms with E-state index in [0.29, 0.717) is 0 Å². The Morgan fingerprint density at radius 1 is 1.16 bits per heavy atom. The molecule has 2 rings (SSSR count). The van der Waals surface area contributed by atoms with Crippen molar-refractivity contribution in [1.29, 1.82) is 0 Å². The number of methoxy groups -OCH3 is 1. The zero-order chi connectivity index (χ0) is 13.8. The fourth-order valence-electron chi connectivity index (χ4n) is 2.04. The predicted octanol–water partition coefficient (Wildman–Crippen LogP) is 4.26. The normalized spacial score (nSPS) is 12.2. The molecule has 100 valence electrons. The van der Waals surface area contributed by atoms with Crippen LogP contribution in [0.4, 0.5) is 0 Å². The van der Waals surface area contributed by atoms with Crippen LogP contribution in [0.25, 0.3) is 0 Å². The summed E-state index contributed by atoms with van der Waals surface area (Å²) in [6.45, 7) is 0. The molecule has 1 unspecified atom stereocenters. The lowest BCUT2D eigenvalue weighted by Gasteiger charge is -2.18. The van der Waals surface area contributed by atoms with Gasteiger partial charge in [-0.3, -0.25) is 0 Å². The lowest BCUT2D eigenvalue weighted by Crippen LogP contribution is -2.17. The van der Waals surface area contributed by atoms with E-state index < -0.39 is 0 Å². The monoisotopic (exact) mass is 387 g/mol. The molecular formula is C15H15ClINO. The van der Waals surface area contributed by atoms with E-state index >= 15 is 0 Å². The maximum Gasteiger partial charge on any atom is 0.119 e. The molecule has 0 fully saturated rings. The number of ether oxygens (including phenoxy) is 1. The second-order valence-corrected chi connectivity index (χ2v) is 5.74. The molecule has 0 saturated carbocycles. The summed E-state index contributed by atoms with van der Waals surface area (Å²) in [5.74, 6) is 0.856. The molecule has 0 bridgehead atoms. The highest BCUT2D eigenvalue weighted by Gasteiger charge is 2.13. The summed E-state index contributed by atoms with van der Waals surface area (Å²) in [5, 5.41) is 4.09. The Bertz CT molecular complexity index is 574. The summed E-state index contributed by atoms with van der Waals surface area (Å²) in [4.78, 5) is 0. The molecule has 1 N–H and O–H groups in total. The van der Waals surface area contributed by atoms with Gasteiger partial charge in [-0.2, -0.15) is 0 Å². The molecule has 0 aliphatic carbocycles. The minimum Gasteiger partial charge on any atom is -0.497 e. The summed E-state index contributed by atoms with van der Waals surface area (Å²) in [6.07, 6.45) is 0. The standard InChI is InChI=1S/C15H15ClINO/c1-18-15(10-4-3-5-12(8-10)19-2)11-6-7-14(17)13(16)9-11/h3-9,15,18H,1-2H3. The van der Waals surface area contributed by atoms with Crippen LogP contribution in [0, 0.1) is 3.57 Å². The molecule has 4 heteroatoms. The second-order valence-electron chi connectivity index (χ2n) is 4.17. The van der Waals surface area contributed by atoms with Crippen LogP contribution in [0.2, 0.25) is 5.02 Å². The highest BCUT2D eigenvalue weighted by atomic mass is 127. The molecule has 19 heavy (non-hydrogen) atoms. The summed E-state index contributed by atoms with van der Waals surface area (Å²) in [6, 6.07) is 14.3. The Hall–Kier alpha value is -0.780. The number of nitrogens with one attached hydrogen (secondary N) is 1. The number of hydrogen-bond acceptors (Lipinski definition) is 2. The molecule has 0 radical (unpaired) electrons. The van der Waals surface area contributed by atoms with Crippen LogP contribution in [0.1, 0.15) is 17.2 Å². The molecule has 0 saturated heterocycles. The average Bonchev–Trinajstić information content (AvgIpc) is 2.44. The molecule has 2 nitrogen and oxygen atoms in total. The first-order chi connectivity index (χ1) is 9.15. The molecule has 2 aromatic carbocycles. The Labute approximate surface area is 132 Å². The molecule has 1 atom stereocenters. The first kappa shape index (κ1) is 14.6. The van der Waals surface area contributed by atoms with Crippen molar-refractivity contribution in [3.63, 3.8) is 0 Å². The van der Waals surface area contributed by atoms with Crippen LogP contribution < -0.4 is 10.1 Å². The highest BCUT2D eigenvalue weighted by Crippen LogP contribution is 2.28. The maximum atomic E-state index is 6.20. The summed E-state index contributed by atoms with van der Waals surface area (Å²) >= 11 is 8.43. The van der Waals surface area contributed by atoms with Crippen molar-refractivity contribution in [2.45, 2.75) is 6.04 Å². The lowest BCUT2D eigenvalue weighted by molar-refractivity contribution is 0.414. The van der Waals surface area contributed by atoms with Crippen molar-refractivity contribution in [3.05, 3.63) is 62.2 Å². The number of rotatable bonds is 4. The maximum absolute atomic E-state index is 6.20. The molecule has 0 aliphatic heterocycles. The van der Waals surface area contributed by atoms with Gasteiger partial charge in [0.2, 0.25) is 0 Å². The fourth-order valence-corrected chi connectivity index (χ4v) is 2.56. The van der Waals surface area contributed by atoms with Crippen LogP contribution in [-0.2, 0) is 0 Å². The minimum absolute atomic E-state index is 0.101. The molecule has 2 aromatic rings. The zero-order valence-electron chi connectivity index (χ0n) is 10.8. The van der Waals surface area contributed by atoms with Gasteiger partial charge >= 0.3 is 0 Å². The van der Waals surface area contributed by atoms with E-state index in [-0.39, 0.29) is 6.04 Å². The van der Waals surface area contributed by atoms with Crippen LogP contribution in [0.15, 0.2) is 42.5 Å². The van der Waals surface area contributed by atoms with Gasteiger partial charge in [-0.1, -0.05) is 29.8 Å². The van der Waals surface area contributed by atoms with Crippen molar-refractivity contribution >= 4 is 34.2 Å². The van der Waals surface area contributed by atoms with Crippen LogP contribution >= 0.6 is 34.2 Å². The van der Waals surface area contributed by atoms with Gasteiger partial charge in [-0.25, -0.2) is 0 Å². The van der Waals surface area contributed by atoms with Gasteiger partial charge in [0.15, 0.2) is 0 Å². The van der Waals surface area contributed by atoms with E-state index in [4.69, 9.17) is 16.3 Å². The van der Waals surface area contributed by atoms with E-state index in [1.165, 1.54) is 0 Å². The van der Waals surface area contributed by atoms with E-state index in [1.807, 2.05) is 37.4 Å². The van der Waals surface area contributed by atoms with E-state index in [0.717, 1.165) is 25.5 Å². The molecule has 0 aliphatic rings. The predicted molar refractivity (Wildman–Crippen MR) is 88.1 cm³/mol. The third-order valence-corrected chi connectivity index (χ3v) is 4.57.